The van der Waals surface area contributed by atoms with Gasteiger partial charge in [-0.3, -0.25) is 19.7 Å². The molecule has 7 nitrogen and oxygen atoms in total. The summed E-state index contributed by atoms with van der Waals surface area (Å²) in [5, 5.41) is 13.7. The van der Waals surface area contributed by atoms with E-state index in [1.54, 1.807) is 29.2 Å². The maximum atomic E-state index is 12.8. The summed E-state index contributed by atoms with van der Waals surface area (Å²) < 4.78 is 0.593. The molecule has 2 amide bonds. The van der Waals surface area contributed by atoms with Crippen LogP contribution >= 0.6 is 22.6 Å². The summed E-state index contributed by atoms with van der Waals surface area (Å²) in [6, 6.07) is 11.0. The average Bonchev–Trinajstić information content (AvgIpc) is 2.68. The first-order valence-corrected chi connectivity index (χ1v) is 9.69. The Kier molecular flexibility index (Phi) is 6.04. The molecule has 2 aromatic rings. The molecule has 2 aromatic carbocycles. The van der Waals surface area contributed by atoms with Crippen LogP contribution in [0.25, 0.3) is 0 Å². The molecule has 27 heavy (non-hydrogen) atoms. The predicted octanol–water partition coefficient (Wildman–Crippen LogP) is 4.08. The van der Waals surface area contributed by atoms with Gasteiger partial charge in [-0.05, 0) is 60.1 Å². The zero-order chi connectivity index (χ0) is 19.4. The molecule has 1 aliphatic heterocycles. The fourth-order valence-electron chi connectivity index (χ4n) is 3.04. The van der Waals surface area contributed by atoms with E-state index in [-0.39, 0.29) is 17.2 Å². The van der Waals surface area contributed by atoms with Crippen molar-refractivity contribution in [3.05, 3.63) is 67.3 Å². The number of anilines is 1. The quantitative estimate of drug-likeness (QED) is 0.407. The predicted molar refractivity (Wildman–Crippen MR) is 110 cm³/mol. The lowest BCUT2D eigenvalue weighted by atomic mass is 10.1. The lowest BCUT2D eigenvalue weighted by Gasteiger charge is -2.27. The minimum Gasteiger partial charge on any atom is -0.339 e. The summed E-state index contributed by atoms with van der Waals surface area (Å²) >= 11 is 1.96. The van der Waals surface area contributed by atoms with Gasteiger partial charge in [-0.2, -0.15) is 0 Å². The highest BCUT2D eigenvalue weighted by Crippen LogP contribution is 2.24. The normalized spacial score (nSPS) is 13.9. The van der Waals surface area contributed by atoms with E-state index in [9.17, 15) is 19.7 Å². The summed E-state index contributed by atoms with van der Waals surface area (Å²) in [5.74, 6) is -0.596. The Balaban J connectivity index is 1.86. The van der Waals surface area contributed by atoms with Gasteiger partial charge in [0.2, 0.25) is 0 Å². The van der Waals surface area contributed by atoms with Crippen LogP contribution < -0.4 is 5.32 Å². The van der Waals surface area contributed by atoms with E-state index in [1.165, 1.54) is 18.2 Å². The van der Waals surface area contributed by atoms with Crippen LogP contribution in [0.2, 0.25) is 0 Å². The van der Waals surface area contributed by atoms with E-state index >= 15 is 0 Å². The molecule has 3 rings (SSSR count). The van der Waals surface area contributed by atoms with Gasteiger partial charge in [0, 0.05) is 28.8 Å². The number of nitro groups is 1. The van der Waals surface area contributed by atoms with E-state index in [4.69, 9.17) is 0 Å². The van der Waals surface area contributed by atoms with Crippen LogP contribution in [0.5, 0.6) is 0 Å². The minimum absolute atomic E-state index is 0.112. The summed E-state index contributed by atoms with van der Waals surface area (Å²) in [4.78, 5) is 37.8. The largest absolute Gasteiger partial charge is 0.339 e. The molecule has 1 heterocycles. The van der Waals surface area contributed by atoms with Crippen molar-refractivity contribution in [1.29, 1.82) is 0 Å². The highest BCUT2D eigenvalue weighted by molar-refractivity contribution is 14.1. The molecule has 0 radical (unpaired) electrons. The number of rotatable bonds is 4. The van der Waals surface area contributed by atoms with Gasteiger partial charge < -0.3 is 10.2 Å². The summed E-state index contributed by atoms with van der Waals surface area (Å²) in [5.41, 5.74) is 0.872. The third kappa shape index (κ3) is 4.44. The number of hydrogen-bond donors (Lipinski definition) is 1. The zero-order valence-electron chi connectivity index (χ0n) is 14.5. The van der Waals surface area contributed by atoms with Crippen LogP contribution in [0.3, 0.4) is 0 Å². The van der Waals surface area contributed by atoms with Crippen molar-refractivity contribution >= 4 is 45.8 Å². The standard InChI is InChI=1S/C19H18IN3O4/c20-16-9-8-13(23(26)27)12-15(16)18(24)21-17-7-3-2-6-14(17)19(25)22-10-4-1-5-11-22/h2-3,6-9,12H,1,4-5,10-11H2,(H,21,24). The van der Waals surface area contributed by atoms with Crippen molar-refractivity contribution in [2.75, 3.05) is 18.4 Å². The number of nitro benzene ring substituents is 1. The van der Waals surface area contributed by atoms with Gasteiger partial charge in [-0.15, -0.1) is 0 Å². The van der Waals surface area contributed by atoms with Crippen molar-refractivity contribution in [1.82, 2.24) is 4.90 Å². The average molecular weight is 479 g/mol. The van der Waals surface area contributed by atoms with E-state index in [1.807, 2.05) is 22.6 Å². The van der Waals surface area contributed by atoms with Crippen molar-refractivity contribution in [3.63, 3.8) is 0 Å². The Morgan fingerprint density at radius 3 is 2.44 bits per heavy atom. The monoisotopic (exact) mass is 479 g/mol. The van der Waals surface area contributed by atoms with E-state index in [2.05, 4.69) is 5.32 Å². The number of benzene rings is 2. The number of hydrogen-bond acceptors (Lipinski definition) is 4. The van der Waals surface area contributed by atoms with E-state index < -0.39 is 10.8 Å². The van der Waals surface area contributed by atoms with Gasteiger partial charge in [0.15, 0.2) is 0 Å². The molecule has 0 aliphatic carbocycles. The maximum Gasteiger partial charge on any atom is 0.270 e. The molecule has 1 fully saturated rings. The lowest BCUT2D eigenvalue weighted by Crippen LogP contribution is -2.36. The van der Waals surface area contributed by atoms with Crippen LogP contribution in [-0.4, -0.2) is 34.7 Å². The lowest BCUT2D eigenvalue weighted by molar-refractivity contribution is -0.384. The first-order valence-electron chi connectivity index (χ1n) is 8.61. The van der Waals surface area contributed by atoms with Crippen LogP contribution in [0, 0.1) is 13.7 Å². The summed E-state index contributed by atoms with van der Waals surface area (Å²) in [6.07, 6.45) is 3.08. The molecule has 0 saturated carbocycles. The molecule has 140 valence electrons. The van der Waals surface area contributed by atoms with Crippen LogP contribution in [0.1, 0.15) is 40.0 Å². The maximum absolute atomic E-state index is 12.8. The number of nitrogens with one attached hydrogen (secondary N) is 1. The number of halogens is 1. The molecular weight excluding hydrogens is 461 g/mol. The molecule has 1 N–H and O–H groups in total. The van der Waals surface area contributed by atoms with Gasteiger partial charge in [0.05, 0.1) is 21.7 Å². The molecule has 8 heteroatoms. The van der Waals surface area contributed by atoms with Crippen molar-refractivity contribution in [2.24, 2.45) is 0 Å². The Hall–Kier alpha value is -2.49. The number of nitrogens with zero attached hydrogens (tertiary/aromatic N) is 2. The molecule has 0 atom stereocenters. The number of likely N-dealkylation sites (tertiary alicyclic amines) is 1. The second-order valence-corrected chi connectivity index (χ2v) is 7.44. The first-order chi connectivity index (χ1) is 13.0. The van der Waals surface area contributed by atoms with Gasteiger partial charge in [-0.1, -0.05) is 12.1 Å². The Morgan fingerprint density at radius 1 is 1.04 bits per heavy atom. The van der Waals surface area contributed by atoms with Crippen LogP contribution in [-0.2, 0) is 0 Å². The zero-order valence-corrected chi connectivity index (χ0v) is 16.6. The van der Waals surface area contributed by atoms with Gasteiger partial charge >= 0.3 is 0 Å². The van der Waals surface area contributed by atoms with Crippen LogP contribution in [0.4, 0.5) is 11.4 Å². The molecule has 0 bridgehead atoms. The molecule has 1 saturated heterocycles. The van der Waals surface area contributed by atoms with Crippen molar-refractivity contribution in [3.8, 4) is 0 Å². The number of carbonyl (C=O) groups is 2. The SMILES string of the molecule is O=C(Nc1ccccc1C(=O)N1CCCCC1)c1cc([N+](=O)[O-])ccc1I. The number of piperidine rings is 1. The number of para-hydroxylation sites is 1. The van der Waals surface area contributed by atoms with Crippen LogP contribution in [0.15, 0.2) is 42.5 Å². The van der Waals surface area contributed by atoms with Crippen molar-refractivity contribution in [2.45, 2.75) is 19.3 Å². The fourth-order valence-corrected chi connectivity index (χ4v) is 3.62. The number of carbonyl (C=O) groups excluding carboxylic acids is 2. The third-order valence-corrected chi connectivity index (χ3v) is 5.40. The smallest absolute Gasteiger partial charge is 0.270 e. The third-order valence-electron chi connectivity index (χ3n) is 4.45. The first kappa shape index (κ1) is 19.3. The molecule has 0 aromatic heterocycles. The van der Waals surface area contributed by atoms with Gasteiger partial charge in [0.25, 0.3) is 17.5 Å². The summed E-state index contributed by atoms with van der Waals surface area (Å²) in [7, 11) is 0. The summed E-state index contributed by atoms with van der Waals surface area (Å²) in [6.45, 7) is 1.42. The highest BCUT2D eigenvalue weighted by atomic mass is 127. The minimum atomic E-state index is -0.541. The molecule has 1 aliphatic rings. The van der Waals surface area contributed by atoms with E-state index in [0.29, 0.717) is 27.9 Å². The second kappa shape index (κ2) is 8.47. The van der Waals surface area contributed by atoms with Crippen molar-refractivity contribution < 1.29 is 14.5 Å². The Morgan fingerprint density at radius 2 is 1.74 bits per heavy atom. The molecule has 0 spiro atoms. The number of non-ortho nitro benzene ring substituents is 1. The Labute approximate surface area is 170 Å². The van der Waals surface area contributed by atoms with E-state index in [0.717, 1.165) is 19.3 Å². The number of amides is 2. The second-order valence-electron chi connectivity index (χ2n) is 6.27. The Bertz CT molecular complexity index is 894. The topological polar surface area (TPSA) is 92.6 Å². The molecule has 0 unspecified atom stereocenters. The van der Waals surface area contributed by atoms with Gasteiger partial charge in [0.1, 0.15) is 0 Å². The van der Waals surface area contributed by atoms with Gasteiger partial charge in [-0.25, -0.2) is 0 Å². The highest BCUT2D eigenvalue weighted by Gasteiger charge is 2.22. The molecular formula is C19H18IN3O4. The fraction of sp³-hybridized carbons (Fsp3) is 0.263.